The number of rotatable bonds is 11. The van der Waals surface area contributed by atoms with Crippen molar-refractivity contribution < 1.29 is 44.6 Å². The number of aryl methyl sites for hydroxylation is 1. The van der Waals surface area contributed by atoms with E-state index >= 15 is 0 Å². The molecule has 0 aliphatic rings. The number of carbonyl (C=O) groups excluding carboxylic acids is 1. The SMILES string of the molecule is Cc1cc(Oc2c(F)cccc2F)ncc1-n1ncc(C(=O)c2cc3cc(OCC(F)F)c(NS(=O)(=O)c4ccc(F)cc4)cc3[nH]2)c1N. The number of nitrogen functional groups attached to an aromatic ring is 1. The van der Waals surface area contributed by atoms with Crippen LogP contribution < -0.4 is 19.9 Å². The highest BCUT2D eigenvalue weighted by Gasteiger charge is 2.23. The number of aromatic nitrogens is 4. The molecule has 3 heterocycles. The van der Waals surface area contributed by atoms with Gasteiger partial charge in [-0.15, -0.1) is 0 Å². The van der Waals surface area contributed by atoms with Crippen LogP contribution in [0, 0.1) is 24.4 Å². The minimum atomic E-state index is -4.31. The standard InChI is InChI=1S/C32H23F5N6O5S/c1-16-9-29(48-31-21(34)3-2-4-22(31)35)39-14-26(16)43-32(38)20(13-40-43)30(44)25-10-17-11-27(47-15-28(36)37)24(12-23(17)41-25)42-49(45,46)19-7-5-18(33)6-8-19/h2-14,28,41-42H,15,38H2,1H3. The summed E-state index contributed by atoms with van der Waals surface area (Å²) in [5.41, 5.74) is 7.08. The first-order valence-corrected chi connectivity index (χ1v) is 15.6. The van der Waals surface area contributed by atoms with Crippen molar-refractivity contribution in [3.8, 4) is 23.1 Å². The van der Waals surface area contributed by atoms with Crippen LogP contribution in [0.3, 0.4) is 0 Å². The first kappa shape index (κ1) is 33.0. The second-order valence-electron chi connectivity index (χ2n) is 10.5. The van der Waals surface area contributed by atoms with E-state index in [2.05, 4.69) is 19.8 Å². The minimum absolute atomic E-state index is 0.00916. The maximum atomic E-state index is 14.0. The van der Waals surface area contributed by atoms with E-state index in [0.29, 0.717) is 16.6 Å². The number of fused-ring (bicyclic) bond motifs is 1. The number of ether oxygens (including phenoxy) is 2. The monoisotopic (exact) mass is 698 g/mol. The zero-order chi connectivity index (χ0) is 35.0. The molecule has 0 fully saturated rings. The summed E-state index contributed by atoms with van der Waals surface area (Å²) in [6.07, 6.45) is -0.377. The predicted octanol–water partition coefficient (Wildman–Crippen LogP) is 6.52. The van der Waals surface area contributed by atoms with Crippen molar-refractivity contribution in [1.82, 2.24) is 19.7 Å². The normalized spacial score (nSPS) is 11.7. The molecule has 11 nitrogen and oxygen atoms in total. The molecular weight excluding hydrogens is 675 g/mol. The number of benzene rings is 3. The van der Waals surface area contributed by atoms with E-state index in [1.165, 1.54) is 47.4 Å². The van der Waals surface area contributed by atoms with E-state index in [1.54, 1.807) is 6.92 Å². The average Bonchev–Trinajstić information content (AvgIpc) is 3.64. The van der Waals surface area contributed by atoms with Gasteiger partial charge in [-0.1, -0.05) is 6.07 Å². The Morgan fingerprint density at radius 2 is 1.73 bits per heavy atom. The van der Waals surface area contributed by atoms with Gasteiger partial charge in [-0.2, -0.15) is 5.10 Å². The quantitative estimate of drug-likeness (QED) is 0.102. The number of sulfonamides is 1. The Balaban J connectivity index is 1.29. The molecule has 252 valence electrons. The third-order valence-corrected chi connectivity index (χ3v) is 8.54. The fourth-order valence-corrected chi connectivity index (χ4v) is 5.87. The number of nitrogens with zero attached hydrogens (tertiary/aromatic N) is 3. The topological polar surface area (TPSA) is 154 Å². The van der Waals surface area contributed by atoms with Crippen LogP contribution in [-0.2, 0) is 10.0 Å². The lowest BCUT2D eigenvalue weighted by atomic mass is 10.1. The van der Waals surface area contributed by atoms with Gasteiger partial charge in [-0.25, -0.2) is 40.0 Å². The lowest BCUT2D eigenvalue weighted by molar-refractivity contribution is 0.0823. The molecule has 0 aliphatic carbocycles. The Labute approximate surface area is 274 Å². The van der Waals surface area contributed by atoms with E-state index in [9.17, 15) is 35.2 Å². The molecule has 0 amide bonds. The molecule has 49 heavy (non-hydrogen) atoms. The Kier molecular flexibility index (Phi) is 8.68. The lowest BCUT2D eigenvalue weighted by Crippen LogP contribution is -2.15. The van der Waals surface area contributed by atoms with Gasteiger partial charge in [0.15, 0.2) is 11.6 Å². The van der Waals surface area contributed by atoms with Crippen molar-refractivity contribution >= 4 is 38.2 Å². The van der Waals surface area contributed by atoms with Crippen LogP contribution >= 0.6 is 0 Å². The summed E-state index contributed by atoms with van der Waals surface area (Å²) in [5, 5.41) is 4.51. The lowest BCUT2D eigenvalue weighted by Gasteiger charge is -2.14. The van der Waals surface area contributed by atoms with E-state index < -0.39 is 52.0 Å². The number of ketones is 1. The molecule has 0 atom stereocenters. The Hall–Kier alpha value is -5.97. The molecule has 3 aromatic carbocycles. The molecule has 0 unspecified atom stereocenters. The van der Waals surface area contributed by atoms with Crippen LogP contribution in [-0.4, -0.2) is 47.0 Å². The van der Waals surface area contributed by atoms with Gasteiger partial charge in [0, 0.05) is 17.0 Å². The number of nitrogens with one attached hydrogen (secondary N) is 2. The van der Waals surface area contributed by atoms with Gasteiger partial charge in [0.05, 0.1) is 39.9 Å². The van der Waals surface area contributed by atoms with E-state index in [0.717, 1.165) is 36.4 Å². The van der Waals surface area contributed by atoms with Crippen LogP contribution in [0.15, 0.2) is 84.0 Å². The molecule has 4 N–H and O–H groups in total. The third kappa shape index (κ3) is 6.73. The van der Waals surface area contributed by atoms with Crippen molar-refractivity contribution in [3.05, 3.63) is 113 Å². The Bertz CT molecular complexity index is 2310. The molecule has 3 aromatic heterocycles. The van der Waals surface area contributed by atoms with Crippen molar-refractivity contribution in [1.29, 1.82) is 0 Å². The molecule has 6 rings (SSSR count). The zero-order valence-electron chi connectivity index (χ0n) is 25.0. The number of alkyl halides is 2. The van der Waals surface area contributed by atoms with Crippen molar-refractivity contribution in [2.75, 3.05) is 17.1 Å². The van der Waals surface area contributed by atoms with Crippen LogP contribution in [0.4, 0.5) is 33.5 Å². The number of hydrogen-bond acceptors (Lipinski definition) is 8. The summed E-state index contributed by atoms with van der Waals surface area (Å²) in [7, 11) is -4.31. The fraction of sp³-hybridized carbons (Fsp3) is 0.0938. The van der Waals surface area contributed by atoms with Crippen LogP contribution in [0.1, 0.15) is 21.6 Å². The number of para-hydroxylation sites is 1. The summed E-state index contributed by atoms with van der Waals surface area (Å²) in [4.78, 5) is 20.2. The molecule has 0 saturated heterocycles. The number of hydrogen-bond donors (Lipinski definition) is 3. The number of anilines is 2. The second kappa shape index (κ2) is 12.9. The number of nitrogens with two attached hydrogens (primary N) is 1. The van der Waals surface area contributed by atoms with Gasteiger partial charge >= 0.3 is 0 Å². The van der Waals surface area contributed by atoms with Crippen molar-refractivity contribution in [3.63, 3.8) is 0 Å². The Morgan fingerprint density at radius 1 is 1.02 bits per heavy atom. The van der Waals surface area contributed by atoms with Crippen LogP contribution in [0.25, 0.3) is 16.6 Å². The highest BCUT2D eigenvalue weighted by atomic mass is 32.2. The molecule has 0 spiro atoms. The first-order chi connectivity index (χ1) is 23.3. The summed E-state index contributed by atoms with van der Waals surface area (Å²) in [6, 6.07) is 12.5. The third-order valence-electron chi connectivity index (χ3n) is 7.16. The molecule has 0 saturated carbocycles. The number of carbonyl (C=O) groups is 1. The van der Waals surface area contributed by atoms with Crippen LogP contribution in [0.2, 0.25) is 0 Å². The van der Waals surface area contributed by atoms with Crippen LogP contribution in [0.5, 0.6) is 17.4 Å². The minimum Gasteiger partial charge on any atom is -0.485 e. The van der Waals surface area contributed by atoms with Gasteiger partial charge in [-0.3, -0.25) is 9.52 Å². The summed E-state index contributed by atoms with van der Waals surface area (Å²) < 4.78 is 107. The van der Waals surface area contributed by atoms with Gasteiger partial charge in [0.25, 0.3) is 16.4 Å². The number of aromatic amines is 1. The van der Waals surface area contributed by atoms with Gasteiger partial charge in [0.2, 0.25) is 17.4 Å². The number of halogens is 5. The average molecular weight is 699 g/mol. The highest BCUT2D eigenvalue weighted by molar-refractivity contribution is 7.92. The Morgan fingerprint density at radius 3 is 2.41 bits per heavy atom. The molecule has 0 bridgehead atoms. The van der Waals surface area contributed by atoms with E-state index in [4.69, 9.17) is 15.2 Å². The zero-order valence-corrected chi connectivity index (χ0v) is 25.9. The second-order valence-corrected chi connectivity index (χ2v) is 12.2. The number of pyridine rings is 1. The van der Waals surface area contributed by atoms with Crippen molar-refractivity contribution in [2.45, 2.75) is 18.2 Å². The molecule has 0 radical (unpaired) electrons. The fourth-order valence-electron chi connectivity index (χ4n) is 4.81. The van der Waals surface area contributed by atoms with Crippen molar-refractivity contribution in [2.24, 2.45) is 0 Å². The number of H-pyrrole nitrogens is 1. The van der Waals surface area contributed by atoms with Gasteiger partial charge in [-0.05, 0) is 67.1 Å². The van der Waals surface area contributed by atoms with Gasteiger partial charge in [0.1, 0.15) is 24.0 Å². The molecule has 6 aromatic rings. The molecular formula is C32H23F5N6O5S. The first-order valence-electron chi connectivity index (χ1n) is 14.1. The van der Waals surface area contributed by atoms with Gasteiger partial charge < -0.3 is 20.2 Å². The summed E-state index contributed by atoms with van der Waals surface area (Å²) in [6.45, 7) is 0.585. The van der Waals surface area contributed by atoms with E-state index in [1.807, 2.05) is 0 Å². The van der Waals surface area contributed by atoms with E-state index in [-0.39, 0.29) is 44.8 Å². The highest BCUT2D eigenvalue weighted by Crippen LogP contribution is 2.34. The maximum absolute atomic E-state index is 14.0. The summed E-state index contributed by atoms with van der Waals surface area (Å²) >= 11 is 0. The summed E-state index contributed by atoms with van der Waals surface area (Å²) in [5.74, 6) is -4.19. The predicted molar refractivity (Wildman–Crippen MR) is 167 cm³/mol. The molecule has 0 aliphatic heterocycles. The smallest absolute Gasteiger partial charge is 0.272 e. The molecule has 17 heteroatoms. The largest absolute Gasteiger partial charge is 0.485 e. The maximum Gasteiger partial charge on any atom is 0.272 e.